The fraction of sp³-hybridized carbons (Fsp3) is 0.208. The zero-order chi connectivity index (χ0) is 21.8. The van der Waals surface area contributed by atoms with Crippen molar-refractivity contribution in [3.63, 3.8) is 0 Å². The van der Waals surface area contributed by atoms with Gasteiger partial charge in [0.2, 0.25) is 5.91 Å². The van der Waals surface area contributed by atoms with Crippen LogP contribution >= 0.6 is 11.8 Å². The summed E-state index contributed by atoms with van der Waals surface area (Å²) in [5.41, 5.74) is 3.09. The molecular formula is C24H24N4O2S. The van der Waals surface area contributed by atoms with Crippen molar-refractivity contribution in [1.82, 2.24) is 19.7 Å². The molecule has 0 unspecified atom stereocenters. The Hall–Kier alpha value is -3.32. The van der Waals surface area contributed by atoms with Crippen LogP contribution in [0.2, 0.25) is 0 Å². The number of aromatic nitrogens is 3. The molecule has 0 spiro atoms. The van der Waals surface area contributed by atoms with Gasteiger partial charge in [-0.1, -0.05) is 53.7 Å². The predicted octanol–water partition coefficient (Wildman–Crippen LogP) is 4.89. The first kappa shape index (κ1) is 20.9. The predicted molar refractivity (Wildman–Crippen MR) is 122 cm³/mol. The lowest BCUT2D eigenvalue weighted by Crippen LogP contribution is -2.27. The Morgan fingerprint density at radius 2 is 1.84 bits per heavy atom. The van der Waals surface area contributed by atoms with E-state index in [0.29, 0.717) is 11.7 Å². The molecule has 0 N–H and O–H groups in total. The van der Waals surface area contributed by atoms with E-state index in [4.69, 9.17) is 4.42 Å². The molecule has 0 aliphatic carbocycles. The molecular weight excluding hydrogens is 408 g/mol. The van der Waals surface area contributed by atoms with Gasteiger partial charge >= 0.3 is 0 Å². The Morgan fingerprint density at radius 1 is 1.03 bits per heavy atom. The highest BCUT2D eigenvalue weighted by molar-refractivity contribution is 7.99. The maximum Gasteiger partial charge on any atom is 0.233 e. The third-order valence-electron chi connectivity index (χ3n) is 4.86. The normalized spacial score (nSPS) is 10.9. The number of furan rings is 1. The maximum absolute atomic E-state index is 12.7. The van der Waals surface area contributed by atoms with E-state index in [2.05, 4.69) is 29.3 Å². The summed E-state index contributed by atoms with van der Waals surface area (Å²) in [5.74, 6) is 2.62. The lowest BCUT2D eigenvalue weighted by molar-refractivity contribution is -0.127. The number of hydrogen-bond acceptors (Lipinski definition) is 5. The van der Waals surface area contributed by atoms with Crippen LogP contribution < -0.4 is 0 Å². The number of aryl methyl sites for hydroxylation is 2. The van der Waals surface area contributed by atoms with Gasteiger partial charge in [0.15, 0.2) is 11.0 Å². The third-order valence-corrected chi connectivity index (χ3v) is 5.78. The Kier molecular flexibility index (Phi) is 6.23. The van der Waals surface area contributed by atoms with E-state index in [1.807, 2.05) is 66.1 Å². The summed E-state index contributed by atoms with van der Waals surface area (Å²) < 4.78 is 7.58. The summed E-state index contributed by atoms with van der Waals surface area (Å²) in [6.45, 7) is 4.38. The van der Waals surface area contributed by atoms with Crippen molar-refractivity contribution in [2.75, 3.05) is 12.8 Å². The first-order valence-corrected chi connectivity index (χ1v) is 11.0. The van der Waals surface area contributed by atoms with Crippen molar-refractivity contribution >= 4 is 17.7 Å². The Morgan fingerprint density at radius 3 is 2.55 bits per heavy atom. The molecule has 2 aromatic carbocycles. The van der Waals surface area contributed by atoms with Crippen LogP contribution in [0.1, 0.15) is 17.1 Å². The van der Waals surface area contributed by atoms with Crippen molar-refractivity contribution in [2.24, 2.45) is 0 Å². The fourth-order valence-electron chi connectivity index (χ4n) is 3.27. The lowest BCUT2D eigenvalue weighted by Gasteiger charge is -2.16. The maximum atomic E-state index is 12.7. The van der Waals surface area contributed by atoms with Gasteiger partial charge in [-0.15, -0.1) is 10.2 Å². The van der Waals surface area contributed by atoms with Gasteiger partial charge in [-0.25, -0.2) is 0 Å². The van der Waals surface area contributed by atoms with E-state index in [-0.39, 0.29) is 11.7 Å². The van der Waals surface area contributed by atoms with Crippen LogP contribution in [0.3, 0.4) is 0 Å². The molecule has 0 radical (unpaired) electrons. The first-order valence-electron chi connectivity index (χ1n) is 10.0. The number of rotatable bonds is 7. The van der Waals surface area contributed by atoms with E-state index in [1.54, 1.807) is 11.9 Å². The number of carbonyl (C=O) groups is 1. The van der Waals surface area contributed by atoms with Crippen molar-refractivity contribution in [1.29, 1.82) is 0 Å². The van der Waals surface area contributed by atoms with Crippen molar-refractivity contribution in [3.8, 4) is 17.1 Å². The van der Waals surface area contributed by atoms with Gasteiger partial charge in [-0.2, -0.15) is 0 Å². The molecule has 4 aromatic rings. The number of thioether (sulfide) groups is 1. The van der Waals surface area contributed by atoms with Gasteiger partial charge in [-0.3, -0.25) is 9.36 Å². The molecule has 31 heavy (non-hydrogen) atoms. The Balaban J connectivity index is 1.56. The minimum atomic E-state index is -0.00114. The zero-order valence-electron chi connectivity index (χ0n) is 17.8. The van der Waals surface area contributed by atoms with Gasteiger partial charge < -0.3 is 9.32 Å². The fourth-order valence-corrected chi connectivity index (χ4v) is 4.17. The standard InChI is InChI=1S/C24H24N4O2S/c1-17-8-7-9-19(14-17)23-25-26-24(28(23)20-10-5-4-6-11-20)31-16-22(29)27(3)15-21-13-12-18(2)30-21/h4-14H,15-16H2,1-3H3. The summed E-state index contributed by atoms with van der Waals surface area (Å²) in [5, 5.41) is 9.53. The highest BCUT2D eigenvalue weighted by atomic mass is 32.2. The number of carbonyl (C=O) groups excluding carboxylic acids is 1. The second-order valence-corrected chi connectivity index (χ2v) is 8.34. The summed E-state index contributed by atoms with van der Waals surface area (Å²) in [6.07, 6.45) is 0. The monoisotopic (exact) mass is 432 g/mol. The van der Waals surface area contributed by atoms with E-state index in [0.717, 1.165) is 34.2 Å². The molecule has 4 rings (SSSR count). The van der Waals surface area contributed by atoms with E-state index < -0.39 is 0 Å². The largest absolute Gasteiger partial charge is 0.464 e. The average molecular weight is 433 g/mol. The number of amides is 1. The van der Waals surface area contributed by atoms with Gasteiger partial charge in [0.05, 0.1) is 12.3 Å². The van der Waals surface area contributed by atoms with Crippen LogP contribution in [-0.2, 0) is 11.3 Å². The smallest absolute Gasteiger partial charge is 0.233 e. The zero-order valence-corrected chi connectivity index (χ0v) is 18.6. The van der Waals surface area contributed by atoms with Crippen LogP contribution in [0.5, 0.6) is 0 Å². The highest BCUT2D eigenvalue weighted by Crippen LogP contribution is 2.28. The van der Waals surface area contributed by atoms with Gasteiger partial charge in [0, 0.05) is 18.3 Å². The number of hydrogen-bond donors (Lipinski definition) is 0. The summed E-state index contributed by atoms with van der Waals surface area (Å²) >= 11 is 1.38. The van der Waals surface area contributed by atoms with Gasteiger partial charge in [-0.05, 0) is 44.2 Å². The molecule has 0 atom stereocenters. The lowest BCUT2D eigenvalue weighted by atomic mass is 10.1. The van der Waals surface area contributed by atoms with Crippen molar-refractivity contribution < 1.29 is 9.21 Å². The Bertz CT molecular complexity index is 1180. The topological polar surface area (TPSA) is 64.2 Å². The quantitative estimate of drug-likeness (QED) is 0.389. The van der Waals surface area contributed by atoms with Gasteiger partial charge in [0.1, 0.15) is 11.5 Å². The molecule has 2 aromatic heterocycles. The van der Waals surface area contributed by atoms with E-state index >= 15 is 0 Å². The van der Waals surface area contributed by atoms with Crippen LogP contribution in [0.4, 0.5) is 0 Å². The summed E-state index contributed by atoms with van der Waals surface area (Å²) in [6, 6.07) is 21.9. The van der Waals surface area contributed by atoms with Crippen molar-refractivity contribution in [2.45, 2.75) is 25.5 Å². The van der Waals surface area contributed by atoms with Crippen LogP contribution in [0, 0.1) is 13.8 Å². The van der Waals surface area contributed by atoms with Crippen LogP contribution in [0.25, 0.3) is 17.1 Å². The molecule has 0 bridgehead atoms. The molecule has 0 saturated heterocycles. The third kappa shape index (κ3) is 4.88. The molecule has 0 saturated carbocycles. The summed E-state index contributed by atoms with van der Waals surface area (Å²) in [4.78, 5) is 14.4. The van der Waals surface area contributed by atoms with Crippen molar-refractivity contribution in [3.05, 3.63) is 83.8 Å². The van der Waals surface area contributed by atoms with E-state index in [9.17, 15) is 4.79 Å². The summed E-state index contributed by atoms with van der Waals surface area (Å²) in [7, 11) is 1.78. The number of para-hydroxylation sites is 1. The SMILES string of the molecule is Cc1cccc(-c2nnc(SCC(=O)N(C)Cc3ccc(C)o3)n2-c2ccccc2)c1. The molecule has 0 aliphatic rings. The molecule has 7 heteroatoms. The first-order chi connectivity index (χ1) is 15.0. The van der Waals surface area contributed by atoms with Crippen LogP contribution in [0.15, 0.2) is 76.3 Å². The van der Waals surface area contributed by atoms with Crippen LogP contribution in [-0.4, -0.2) is 38.4 Å². The Labute approximate surface area is 185 Å². The molecule has 0 aliphatic heterocycles. The number of nitrogens with zero attached hydrogens (tertiary/aromatic N) is 4. The second kappa shape index (κ2) is 9.22. The highest BCUT2D eigenvalue weighted by Gasteiger charge is 2.19. The molecule has 2 heterocycles. The molecule has 1 amide bonds. The van der Waals surface area contributed by atoms with E-state index in [1.165, 1.54) is 11.8 Å². The average Bonchev–Trinajstić information content (AvgIpc) is 3.38. The number of benzene rings is 2. The molecule has 6 nitrogen and oxygen atoms in total. The van der Waals surface area contributed by atoms with Gasteiger partial charge in [0.25, 0.3) is 0 Å². The minimum Gasteiger partial charge on any atom is -0.464 e. The second-order valence-electron chi connectivity index (χ2n) is 7.40. The minimum absolute atomic E-state index is 0.00114. The molecule has 0 fully saturated rings. The molecule has 158 valence electrons.